The summed E-state index contributed by atoms with van der Waals surface area (Å²) in [5.74, 6) is -1.09. The topological polar surface area (TPSA) is 75.6 Å². The molecule has 0 aliphatic rings. The summed E-state index contributed by atoms with van der Waals surface area (Å²) in [6.45, 7) is 6.49. The zero-order valence-corrected chi connectivity index (χ0v) is 12.8. The van der Waals surface area contributed by atoms with Crippen molar-refractivity contribution in [3.05, 3.63) is 29.8 Å². The van der Waals surface area contributed by atoms with Crippen LogP contribution in [0, 0.1) is 5.41 Å². The molecule has 116 valence electrons. The molecule has 21 heavy (non-hydrogen) atoms. The highest BCUT2D eigenvalue weighted by Gasteiger charge is 2.25. The lowest BCUT2D eigenvalue weighted by atomic mass is 9.85. The molecule has 0 bridgehead atoms. The van der Waals surface area contributed by atoms with Crippen LogP contribution in [0.3, 0.4) is 0 Å². The number of ether oxygens (including phenoxy) is 1. The van der Waals surface area contributed by atoms with Gasteiger partial charge in [0.05, 0.1) is 13.0 Å². The fraction of sp³-hybridized carbons (Fsp3) is 0.500. The highest BCUT2D eigenvalue weighted by molar-refractivity contribution is 5.92. The highest BCUT2D eigenvalue weighted by atomic mass is 16.5. The molecule has 1 aromatic carbocycles. The van der Waals surface area contributed by atoms with Crippen LogP contribution in [-0.2, 0) is 20.9 Å². The number of carbonyl (C=O) groups is 2. The molecule has 5 heteroatoms. The zero-order chi connectivity index (χ0) is 15.9. The normalized spacial score (nSPS) is 11.2. The van der Waals surface area contributed by atoms with Crippen molar-refractivity contribution in [2.24, 2.45) is 5.41 Å². The van der Waals surface area contributed by atoms with E-state index in [0.717, 1.165) is 5.56 Å². The van der Waals surface area contributed by atoms with Gasteiger partial charge in [-0.25, -0.2) is 0 Å². The second kappa shape index (κ2) is 7.78. The first-order valence-electron chi connectivity index (χ1n) is 7.01. The lowest BCUT2D eigenvalue weighted by molar-refractivity contribution is -0.139. The molecule has 1 amide bonds. The number of amides is 1. The molecule has 5 nitrogen and oxygen atoms in total. The lowest BCUT2D eigenvalue weighted by Gasteiger charge is -2.22. The van der Waals surface area contributed by atoms with E-state index >= 15 is 0 Å². The van der Waals surface area contributed by atoms with E-state index in [9.17, 15) is 9.59 Å². The summed E-state index contributed by atoms with van der Waals surface area (Å²) in [4.78, 5) is 22.9. The maximum Gasteiger partial charge on any atom is 0.303 e. The molecule has 0 unspecified atom stereocenters. The smallest absolute Gasteiger partial charge is 0.303 e. The number of carboxylic acid groups (broad SMARTS) is 1. The van der Waals surface area contributed by atoms with E-state index < -0.39 is 11.4 Å². The number of anilines is 1. The van der Waals surface area contributed by atoms with E-state index in [0.29, 0.717) is 18.9 Å². The summed E-state index contributed by atoms with van der Waals surface area (Å²) in [6, 6.07) is 7.44. The summed E-state index contributed by atoms with van der Waals surface area (Å²) in [7, 11) is 0. The summed E-state index contributed by atoms with van der Waals surface area (Å²) in [6.07, 6.45) is 0.114. The number of carbonyl (C=O) groups excluding carboxylic acids is 1. The number of rotatable bonds is 8. The van der Waals surface area contributed by atoms with Crippen molar-refractivity contribution in [1.29, 1.82) is 0 Å². The molecular weight excluding hydrogens is 270 g/mol. The van der Waals surface area contributed by atoms with Gasteiger partial charge in [-0.2, -0.15) is 0 Å². The van der Waals surface area contributed by atoms with Crippen LogP contribution < -0.4 is 5.32 Å². The Labute approximate surface area is 125 Å². The first kappa shape index (κ1) is 17.2. The van der Waals surface area contributed by atoms with Gasteiger partial charge in [-0.1, -0.05) is 32.0 Å². The molecule has 0 atom stereocenters. The van der Waals surface area contributed by atoms with E-state index in [1.165, 1.54) is 0 Å². The van der Waals surface area contributed by atoms with Crippen molar-refractivity contribution in [3.8, 4) is 0 Å². The molecule has 0 heterocycles. The minimum Gasteiger partial charge on any atom is -0.481 e. The van der Waals surface area contributed by atoms with Crippen molar-refractivity contribution in [1.82, 2.24) is 0 Å². The maximum atomic E-state index is 12.1. The van der Waals surface area contributed by atoms with Crippen molar-refractivity contribution in [2.45, 2.75) is 40.2 Å². The second-order valence-corrected chi connectivity index (χ2v) is 5.75. The fourth-order valence-corrected chi connectivity index (χ4v) is 2.08. The number of benzene rings is 1. The van der Waals surface area contributed by atoms with Gasteiger partial charge in [0.25, 0.3) is 0 Å². The van der Waals surface area contributed by atoms with Crippen LogP contribution in [0.15, 0.2) is 24.3 Å². The van der Waals surface area contributed by atoms with Crippen LogP contribution in [0.5, 0.6) is 0 Å². The molecule has 0 saturated heterocycles. The van der Waals surface area contributed by atoms with Crippen LogP contribution in [0.4, 0.5) is 5.69 Å². The fourth-order valence-electron chi connectivity index (χ4n) is 2.08. The SMILES string of the molecule is CCOCc1ccccc1NC(=O)CC(C)(C)CC(=O)O. The Balaban J connectivity index is 2.68. The van der Waals surface area contributed by atoms with E-state index in [1.54, 1.807) is 13.8 Å². The number of hydrogen-bond donors (Lipinski definition) is 2. The summed E-state index contributed by atoms with van der Waals surface area (Å²) in [5.41, 5.74) is 1.04. The molecule has 0 radical (unpaired) electrons. The van der Waals surface area contributed by atoms with Gasteiger partial charge in [0.2, 0.25) is 5.91 Å². The second-order valence-electron chi connectivity index (χ2n) is 5.75. The van der Waals surface area contributed by atoms with Gasteiger partial charge >= 0.3 is 5.97 Å². The first-order valence-corrected chi connectivity index (χ1v) is 7.01. The minimum absolute atomic E-state index is 0.0407. The summed E-state index contributed by atoms with van der Waals surface area (Å²) in [5, 5.41) is 11.7. The van der Waals surface area contributed by atoms with Crippen LogP contribution in [0.2, 0.25) is 0 Å². The average molecular weight is 293 g/mol. The van der Waals surface area contributed by atoms with E-state index in [1.807, 2.05) is 31.2 Å². The molecule has 1 rings (SSSR count). The van der Waals surface area contributed by atoms with Gasteiger partial charge in [0.1, 0.15) is 0 Å². The predicted octanol–water partition coefficient (Wildman–Crippen LogP) is 3.05. The van der Waals surface area contributed by atoms with E-state index in [2.05, 4.69) is 5.32 Å². The van der Waals surface area contributed by atoms with E-state index in [4.69, 9.17) is 9.84 Å². The maximum absolute atomic E-state index is 12.1. The molecular formula is C16H23NO4. The van der Waals surface area contributed by atoms with Gasteiger partial charge in [-0.05, 0) is 18.4 Å². The Morgan fingerprint density at radius 1 is 1.24 bits per heavy atom. The Morgan fingerprint density at radius 2 is 1.90 bits per heavy atom. The van der Waals surface area contributed by atoms with Crippen molar-refractivity contribution in [3.63, 3.8) is 0 Å². The number of nitrogens with one attached hydrogen (secondary N) is 1. The standard InChI is InChI=1S/C16H23NO4/c1-4-21-11-12-7-5-6-8-13(12)17-14(18)9-16(2,3)10-15(19)20/h5-8H,4,9-11H2,1-3H3,(H,17,18)(H,19,20). The zero-order valence-electron chi connectivity index (χ0n) is 12.8. The molecule has 2 N–H and O–H groups in total. The largest absolute Gasteiger partial charge is 0.481 e. The quantitative estimate of drug-likeness (QED) is 0.772. The van der Waals surface area contributed by atoms with Crippen LogP contribution >= 0.6 is 0 Å². The van der Waals surface area contributed by atoms with Crippen LogP contribution in [-0.4, -0.2) is 23.6 Å². The Kier molecular flexibility index (Phi) is 6.37. The van der Waals surface area contributed by atoms with Gasteiger partial charge in [0, 0.05) is 24.3 Å². The average Bonchev–Trinajstić information content (AvgIpc) is 2.35. The number of aliphatic carboxylic acids is 1. The highest BCUT2D eigenvalue weighted by Crippen LogP contribution is 2.26. The predicted molar refractivity (Wildman–Crippen MR) is 81.1 cm³/mol. The number of para-hydroxylation sites is 1. The van der Waals surface area contributed by atoms with Crippen molar-refractivity contribution < 1.29 is 19.4 Å². The summed E-state index contributed by atoms with van der Waals surface area (Å²) < 4.78 is 5.37. The van der Waals surface area contributed by atoms with Gasteiger partial charge < -0.3 is 15.2 Å². The molecule has 0 aliphatic carbocycles. The summed E-state index contributed by atoms with van der Waals surface area (Å²) >= 11 is 0. The minimum atomic E-state index is -0.899. The number of carboxylic acids is 1. The van der Waals surface area contributed by atoms with Gasteiger partial charge in [-0.15, -0.1) is 0 Å². The molecule has 1 aromatic rings. The Morgan fingerprint density at radius 3 is 2.52 bits per heavy atom. The Hall–Kier alpha value is -1.88. The third kappa shape index (κ3) is 6.40. The van der Waals surface area contributed by atoms with Crippen molar-refractivity contribution in [2.75, 3.05) is 11.9 Å². The van der Waals surface area contributed by atoms with Crippen LogP contribution in [0.25, 0.3) is 0 Å². The first-order chi connectivity index (χ1) is 9.84. The van der Waals surface area contributed by atoms with Gasteiger partial charge in [0.15, 0.2) is 0 Å². The van der Waals surface area contributed by atoms with Crippen LogP contribution in [0.1, 0.15) is 39.2 Å². The van der Waals surface area contributed by atoms with Gasteiger partial charge in [-0.3, -0.25) is 9.59 Å². The number of hydrogen-bond acceptors (Lipinski definition) is 3. The molecule has 0 fully saturated rings. The molecule has 0 aliphatic heterocycles. The third-order valence-corrected chi connectivity index (χ3v) is 3.02. The molecule has 0 spiro atoms. The molecule has 0 aromatic heterocycles. The van der Waals surface area contributed by atoms with E-state index in [-0.39, 0.29) is 18.7 Å². The lowest BCUT2D eigenvalue weighted by Crippen LogP contribution is -2.25. The monoisotopic (exact) mass is 293 g/mol. The third-order valence-electron chi connectivity index (χ3n) is 3.02. The molecule has 0 saturated carbocycles. The van der Waals surface area contributed by atoms with Crippen molar-refractivity contribution >= 4 is 17.6 Å². The Bertz CT molecular complexity index is 497.